The summed E-state index contributed by atoms with van der Waals surface area (Å²) in [6.07, 6.45) is 5.59. The molecular weight excluding hydrogens is 346 g/mol. The first-order valence-corrected chi connectivity index (χ1v) is 10.6. The molecule has 2 aromatic rings. The molecular formula is C20H29N3O2S. The highest BCUT2D eigenvalue weighted by molar-refractivity contribution is 7.09. The molecule has 0 N–H and O–H groups in total. The summed E-state index contributed by atoms with van der Waals surface area (Å²) in [5.41, 5.74) is 4.54. The van der Waals surface area contributed by atoms with Crippen LogP contribution in [0.15, 0.2) is 23.8 Å². The molecule has 5 nitrogen and oxygen atoms in total. The summed E-state index contributed by atoms with van der Waals surface area (Å²) in [6, 6.07) is 4.92. The SMILES string of the molecule is Cc1ncsc1CN1Cc2cccn2C(CCOCC2CCOCC2)C1. The van der Waals surface area contributed by atoms with Crippen molar-refractivity contribution < 1.29 is 9.47 Å². The topological polar surface area (TPSA) is 39.5 Å². The van der Waals surface area contributed by atoms with E-state index >= 15 is 0 Å². The Hall–Kier alpha value is -1.21. The summed E-state index contributed by atoms with van der Waals surface area (Å²) in [6.45, 7) is 8.74. The van der Waals surface area contributed by atoms with Gasteiger partial charge in [0.1, 0.15) is 0 Å². The van der Waals surface area contributed by atoms with Crippen molar-refractivity contribution in [1.29, 1.82) is 0 Å². The van der Waals surface area contributed by atoms with Gasteiger partial charge in [-0.15, -0.1) is 11.3 Å². The predicted molar refractivity (Wildman–Crippen MR) is 103 cm³/mol. The van der Waals surface area contributed by atoms with Crippen LogP contribution in [0.4, 0.5) is 0 Å². The third kappa shape index (κ3) is 4.36. The fourth-order valence-corrected chi connectivity index (χ4v) is 4.83. The van der Waals surface area contributed by atoms with E-state index in [1.807, 2.05) is 5.51 Å². The normalized spacial score (nSPS) is 21.8. The Bertz CT molecular complexity index is 693. The molecule has 0 bridgehead atoms. The second-order valence-electron chi connectivity index (χ2n) is 7.51. The Morgan fingerprint density at radius 2 is 2.23 bits per heavy atom. The smallest absolute Gasteiger partial charge is 0.0798 e. The van der Waals surface area contributed by atoms with Crippen LogP contribution in [-0.4, -0.2) is 47.4 Å². The van der Waals surface area contributed by atoms with E-state index in [1.54, 1.807) is 11.3 Å². The second-order valence-corrected chi connectivity index (χ2v) is 8.45. The highest BCUT2D eigenvalue weighted by atomic mass is 32.1. The van der Waals surface area contributed by atoms with E-state index in [9.17, 15) is 0 Å². The van der Waals surface area contributed by atoms with Crippen molar-refractivity contribution in [3.63, 3.8) is 0 Å². The molecule has 1 fully saturated rings. The van der Waals surface area contributed by atoms with Crippen LogP contribution in [0.5, 0.6) is 0 Å². The van der Waals surface area contributed by atoms with Crippen molar-refractivity contribution in [3.8, 4) is 0 Å². The number of thiazole rings is 1. The number of nitrogens with zero attached hydrogens (tertiary/aromatic N) is 3. The summed E-state index contributed by atoms with van der Waals surface area (Å²) < 4.78 is 13.9. The number of aryl methyl sites for hydroxylation is 1. The third-order valence-electron chi connectivity index (χ3n) is 5.62. The van der Waals surface area contributed by atoms with E-state index in [-0.39, 0.29) is 0 Å². The van der Waals surface area contributed by atoms with Gasteiger partial charge in [0.25, 0.3) is 0 Å². The minimum absolute atomic E-state index is 0.497. The number of fused-ring (bicyclic) bond motifs is 1. The Morgan fingerprint density at radius 1 is 1.35 bits per heavy atom. The van der Waals surface area contributed by atoms with Gasteiger partial charge in [-0.1, -0.05) is 0 Å². The molecule has 1 unspecified atom stereocenters. The number of aromatic nitrogens is 2. The van der Waals surface area contributed by atoms with Gasteiger partial charge in [-0.25, -0.2) is 4.98 Å². The van der Waals surface area contributed by atoms with Gasteiger partial charge in [-0.3, -0.25) is 4.90 Å². The van der Waals surface area contributed by atoms with Gasteiger partial charge < -0.3 is 14.0 Å². The second kappa shape index (κ2) is 8.65. The predicted octanol–water partition coefficient (Wildman–Crippen LogP) is 3.64. The summed E-state index contributed by atoms with van der Waals surface area (Å²) >= 11 is 1.77. The maximum absolute atomic E-state index is 6.03. The van der Waals surface area contributed by atoms with E-state index < -0.39 is 0 Å². The monoisotopic (exact) mass is 375 g/mol. The van der Waals surface area contributed by atoms with Crippen LogP contribution in [0.3, 0.4) is 0 Å². The summed E-state index contributed by atoms with van der Waals surface area (Å²) in [7, 11) is 0. The van der Waals surface area contributed by atoms with Crippen LogP contribution >= 0.6 is 11.3 Å². The quantitative estimate of drug-likeness (QED) is 0.693. The molecule has 2 aliphatic heterocycles. The average Bonchev–Trinajstić information content (AvgIpc) is 3.29. The number of rotatable bonds is 7. The zero-order valence-electron chi connectivity index (χ0n) is 15.6. The first-order valence-electron chi connectivity index (χ1n) is 9.72. The summed E-state index contributed by atoms with van der Waals surface area (Å²) in [5, 5.41) is 0. The maximum Gasteiger partial charge on any atom is 0.0798 e. The molecule has 0 aliphatic carbocycles. The lowest BCUT2D eigenvalue weighted by Crippen LogP contribution is -2.37. The van der Waals surface area contributed by atoms with E-state index in [0.29, 0.717) is 12.0 Å². The number of ether oxygens (including phenoxy) is 2. The largest absolute Gasteiger partial charge is 0.381 e. The molecule has 26 heavy (non-hydrogen) atoms. The van der Waals surface area contributed by atoms with Crippen molar-refractivity contribution in [3.05, 3.63) is 40.1 Å². The molecule has 1 atom stereocenters. The van der Waals surface area contributed by atoms with Crippen LogP contribution in [0, 0.1) is 12.8 Å². The molecule has 0 spiro atoms. The fraction of sp³-hybridized carbons (Fsp3) is 0.650. The van der Waals surface area contributed by atoms with E-state index in [0.717, 1.165) is 65.3 Å². The lowest BCUT2D eigenvalue weighted by atomic mass is 10.0. The van der Waals surface area contributed by atoms with Crippen LogP contribution < -0.4 is 0 Å². The molecule has 142 valence electrons. The van der Waals surface area contributed by atoms with Crippen molar-refractivity contribution in [2.75, 3.05) is 33.0 Å². The van der Waals surface area contributed by atoms with Crippen LogP contribution in [-0.2, 0) is 22.6 Å². The molecule has 0 aromatic carbocycles. The van der Waals surface area contributed by atoms with Crippen molar-refractivity contribution in [2.24, 2.45) is 5.92 Å². The van der Waals surface area contributed by atoms with E-state index in [1.165, 1.54) is 16.3 Å². The van der Waals surface area contributed by atoms with Gasteiger partial charge in [0.2, 0.25) is 0 Å². The zero-order chi connectivity index (χ0) is 17.8. The molecule has 4 rings (SSSR count). The lowest BCUT2D eigenvalue weighted by Gasteiger charge is -2.35. The molecule has 0 radical (unpaired) electrons. The standard InChI is InChI=1S/C20H29N3O2S/c1-16-20(26-15-21-16)13-22-11-18-3-2-7-23(18)19(12-22)6-10-25-14-17-4-8-24-9-5-17/h2-3,7,15,17,19H,4-6,8-14H2,1H3. The summed E-state index contributed by atoms with van der Waals surface area (Å²) in [4.78, 5) is 8.34. The molecule has 4 heterocycles. The summed E-state index contributed by atoms with van der Waals surface area (Å²) in [5.74, 6) is 0.683. The minimum Gasteiger partial charge on any atom is -0.381 e. The van der Waals surface area contributed by atoms with Crippen LogP contribution in [0.1, 0.15) is 41.6 Å². The first kappa shape index (κ1) is 18.2. The number of hydrogen-bond donors (Lipinski definition) is 0. The Labute approximate surface area is 159 Å². The molecule has 2 aliphatic rings. The van der Waals surface area contributed by atoms with Gasteiger partial charge in [0.05, 0.1) is 11.2 Å². The molecule has 0 amide bonds. The molecule has 0 saturated carbocycles. The lowest BCUT2D eigenvalue weighted by molar-refractivity contribution is 0.0160. The van der Waals surface area contributed by atoms with Crippen molar-refractivity contribution in [1.82, 2.24) is 14.5 Å². The van der Waals surface area contributed by atoms with Gasteiger partial charge in [0.15, 0.2) is 0 Å². The van der Waals surface area contributed by atoms with Crippen LogP contribution in [0.25, 0.3) is 0 Å². The Kier molecular flexibility index (Phi) is 6.05. The average molecular weight is 376 g/mol. The maximum atomic E-state index is 6.03. The highest BCUT2D eigenvalue weighted by Crippen LogP contribution is 2.27. The van der Waals surface area contributed by atoms with Gasteiger partial charge >= 0.3 is 0 Å². The van der Waals surface area contributed by atoms with Crippen molar-refractivity contribution in [2.45, 2.75) is 45.3 Å². The van der Waals surface area contributed by atoms with E-state index in [2.05, 4.69) is 39.7 Å². The zero-order valence-corrected chi connectivity index (χ0v) is 16.4. The Balaban J connectivity index is 1.30. The van der Waals surface area contributed by atoms with Crippen LogP contribution in [0.2, 0.25) is 0 Å². The highest BCUT2D eigenvalue weighted by Gasteiger charge is 2.25. The minimum atomic E-state index is 0.497. The third-order valence-corrected chi connectivity index (χ3v) is 6.54. The first-order chi connectivity index (χ1) is 12.8. The fourth-order valence-electron chi connectivity index (χ4n) is 4.01. The number of hydrogen-bond acceptors (Lipinski definition) is 5. The van der Waals surface area contributed by atoms with Gasteiger partial charge in [-0.2, -0.15) is 0 Å². The molecule has 6 heteroatoms. The molecule has 1 saturated heterocycles. The Morgan fingerprint density at radius 3 is 3.04 bits per heavy atom. The van der Waals surface area contributed by atoms with Crippen molar-refractivity contribution >= 4 is 11.3 Å². The molecule has 2 aromatic heterocycles. The van der Waals surface area contributed by atoms with Gasteiger partial charge in [0, 0.05) is 68.9 Å². The van der Waals surface area contributed by atoms with Gasteiger partial charge in [-0.05, 0) is 44.2 Å². The van der Waals surface area contributed by atoms with E-state index in [4.69, 9.17) is 9.47 Å².